The molecule has 0 atom stereocenters. The van der Waals surface area contributed by atoms with Crippen molar-refractivity contribution in [2.45, 2.75) is 0 Å². The van der Waals surface area contributed by atoms with E-state index in [1.54, 1.807) is 18.2 Å². The monoisotopic (exact) mass is 324 g/mol. The van der Waals surface area contributed by atoms with Crippen LogP contribution >= 0.6 is 0 Å². The first kappa shape index (κ1) is 15.3. The van der Waals surface area contributed by atoms with Crippen molar-refractivity contribution in [1.29, 1.82) is 0 Å². The van der Waals surface area contributed by atoms with Gasteiger partial charge in [-0.2, -0.15) is 0 Å². The molecule has 0 amide bonds. The van der Waals surface area contributed by atoms with E-state index in [1.165, 1.54) is 44.5 Å². The van der Waals surface area contributed by atoms with Gasteiger partial charge in [0.25, 0.3) is 0 Å². The lowest BCUT2D eigenvalue weighted by molar-refractivity contribution is 0.628. The van der Waals surface area contributed by atoms with Crippen molar-refractivity contribution in [3.8, 4) is 0 Å². The van der Waals surface area contributed by atoms with Gasteiger partial charge in [-0.25, -0.2) is 4.39 Å². The fourth-order valence-electron chi connectivity index (χ4n) is 3.27. The highest BCUT2D eigenvalue weighted by Crippen LogP contribution is 2.34. The van der Waals surface area contributed by atoms with Gasteiger partial charge in [-0.05, 0) is 44.5 Å². The zero-order valence-corrected chi connectivity index (χ0v) is 13.7. The number of halogens is 1. The quantitative estimate of drug-likeness (QED) is 0.270. The van der Waals surface area contributed by atoms with E-state index in [-0.39, 0.29) is 5.82 Å². The van der Waals surface area contributed by atoms with E-state index >= 15 is 0 Å². The third kappa shape index (κ3) is 2.97. The molecule has 5 aromatic rings. The van der Waals surface area contributed by atoms with E-state index in [0.29, 0.717) is 0 Å². The zero-order valence-electron chi connectivity index (χ0n) is 13.7. The fraction of sp³-hybridized carbons (Fsp3) is 0. The molecule has 0 saturated carbocycles. The third-order valence-corrected chi connectivity index (χ3v) is 4.38. The molecule has 0 aliphatic rings. The van der Waals surface area contributed by atoms with Gasteiger partial charge >= 0.3 is 0 Å². The van der Waals surface area contributed by atoms with Crippen molar-refractivity contribution < 1.29 is 4.39 Å². The molecule has 120 valence electrons. The molecule has 0 fully saturated rings. The highest BCUT2D eigenvalue weighted by Gasteiger charge is 2.06. The minimum absolute atomic E-state index is 0.178. The summed E-state index contributed by atoms with van der Waals surface area (Å²) in [5, 5.41) is 8.04. The van der Waals surface area contributed by atoms with Crippen molar-refractivity contribution in [3.05, 3.63) is 109 Å². The molecule has 0 N–H and O–H groups in total. The van der Waals surface area contributed by atoms with Gasteiger partial charge in [-0.1, -0.05) is 91.0 Å². The van der Waals surface area contributed by atoms with Crippen molar-refractivity contribution in [2.75, 3.05) is 0 Å². The Balaban J connectivity index is 0.000000190. The van der Waals surface area contributed by atoms with Crippen LogP contribution in [-0.4, -0.2) is 0 Å². The van der Waals surface area contributed by atoms with Gasteiger partial charge < -0.3 is 0 Å². The highest BCUT2D eigenvalue weighted by atomic mass is 19.1. The average Bonchev–Trinajstić information content (AvgIpc) is 2.69. The lowest BCUT2D eigenvalue weighted by Crippen LogP contribution is -1.81. The number of hydrogen-bond donors (Lipinski definition) is 0. The largest absolute Gasteiger partial charge is 0.207 e. The van der Waals surface area contributed by atoms with Crippen LogP contribution < -0.4 is 0 Å². The summed E-state index contributed by atoms with van der Waals surface area (Å²) in [7, 11) is 0. The van der Waals surface area contributed by atoms with E-state index in [9.17, 15) is 4.39 Å². The van der Waals surface area contributed by atoms with Gasteiger partial charge in [0.1, 0.15) is 5.82 Å². The van der Waals surface area contributed by atoms with E-state index in [0.717, 1.165) is 0 Å². The van der Waals surface area contributed by atoms with Crippen LogP contribution in [0.4, 0.5) is 4.39 Å². The van der Waals surface area contributed by atoms with Crippen LogP contribution in [0.3, 0.4) is 0 Å². The summed E-state index contributed by atoms with van der Waals surface area (Å²) in [5.41, 5.74) is 0. The van der Waals surface area contributed by atoms with Gasteiger partial charge in [0.2, 0.25) is 0 Å². The second kappa shape index (κ2) is 6.74. The number of benzene rings is 5. The smallest absolute Gasteiger partial charge is 0.123 e. The van der Waals surface area contributed by atoms with Gasteiger partial charge in [-0.3, -0.25) is 0 Å². The van der Waals surface area contributed by atoms with Gasteiger partial charge in [0.05, 0.1) is 0 Å². The molecule has 5 aromatic carbocycles. The molecule has 0 aromatic heterocycles. The predicted octanol–water partition coefficient (Wildman–Crippen LogP) is 6.97. The number of hydrogen-bond acceptors (Lipinski definition) is 0. The van der Waals surface area contributed by atoms with Crippen LogP contribution in [0.1, 0.15) is 0 Å². The minimum atomic E-state index is -0.178. The van der Waals surface area contributed by atoms with Crippen molar-refractivity contribution in [3.63, 3.8) is 0 Å². The van der Waals surface area contributed by atoms with Crippen molar-refractivity contribution >= 4 is 32.3 Å². The number of rotatable bonds is 0. The second-order valence-electron chi connectivity index (χ2n) is 5.93. The van der Waals surface area contributed by atoms with Crippen LogP contribution in [0.15, 0.2) is 103 Å². The Hall–Kier alpha value is -3.19. The van der Waals surface area contributed by atoms with Crippen LogP contribution in [0.2, 0.25) is 0 Å². The van der Waals surface area contributed by atoms with E-state index in [2.05, 4.69) is 72.8 Å². The first-order valence-electron chi connectivity index (χ1n) is 8.33. The summed E-state index contributed by atoms with van der Waals surface area (Å²) >= 11 is 0. The second-order valence-corrected chi connectivity index (χ2v) is 5.93. The van der Waals surface area contributed by atoms with E-state index in [1.807, 2.05) is 0 Å². The summed E-state index contributed by atoms with van der Waals surface area (Å²) in [6.45, 7) is 0. The molecule has 0 aliphatic carbocycles. The molecule has 0 bridgehead atoms. The topological polar surface area (TPSA) is 0 Å². The normalized spacial score (nSPS) is 10.6. The van der Waals surface area contributed by atoms with Gasteiger partial charge in [0, 0.05) is 0 Å². The zero-order chi connectivity index (χ0) is 17.1. The molecule has 0 radical (unpaired) electrons. The van der Waals surface area contributed by atoms with Gasteiger partial charge in [0.15, 0.2) is 0 Å². The summed E-state index contributed by atoms with van der Waals surface area (Å²) in [5.74, 6) is -0.178. The summed E-state index contributed by atoms with van der Waals surface area (Å²) < 4.78 is 11.9. The molecular formula is C24H17F. The molecule has 0 saturated heterocycles. The summed E-state index contributed by atoms with van der Waals surface area (Å²) in [6.07, 6.45) is 0. The Bertz CT molecular complexity index is 923. The standard InChI is InChI=1S/C18H12.C6H5F/c1-2-8-14-13(7-1)15-9-3-4-11-17(15)18-12-6-5-10-16(14)18;7-6-4-2-1-3-5-6/h1-12H;1-5H. The Morgan fingerprint density at radius 1 is 0.320 bits per heavy atom. The molecule has 5 rings (SSSR count). The molecule has 0 aliphatic heterocycles. The Kier molecular flexibility index (Phi) is 4.14. The molecule has 25 heavy (non-hydrogen) atoms. The molecule has 1 heteroatoms. The maximum absolute atomic E-state index is 11.9. The predicted molar refractivity (Wildman–Crippen MR) is 105 cm³/mol. The lowest BCUT2D eigenvalue weighted by atomic mass is 9.95. The maximum Gasteiger partial charge on any atom is 0.123 e. The van der Waals surface area contributed by atoms with Crippen molar-refractivity contribution in [2.24, 2.45) is 0 Å². The third-order valence-electron chi connectivity index (χ3n) is 4.38. The number of fused-ring (bicyclic) bond motifs is 6. The van der Waals surface area contributed by atoms with Crippen LogP contribution in [0.25, 0.3) is 32.3 Å². The Morgan fingerprint density at radius 3 is 0.760 bits per heavy atom. The van der Waals surface area contributed by atoms with Crippen LogP contribution in [0, 0.1) is 5.82 Å². The van der Waals surface area contributed by atoms with Crippen LogP contribution in [-0.2, 0) is 0 Å². The van der Waals surface area contributed by atoms with E-state index in [4.69, 9.17) is 0 Å². The highest BCUT2D eigenvalue weighted by molar-refractivity contribution is 6.25. The Labute approximate surface area is 146 Å². The first-order valence-corrected chi connectivity index (χ1v) is 8.33. The molecule has 0 unspecified atom stereocenters. The lowest BCUT2D eigenvalue weighted by Gasteiger charge is -2.09. The maximum atomic E-state index is 11.9. The molecule has 0 spiro atoms. The Morgan fingerprint density at radius 2 is 0.560 bits per heavy atom. The van der Waals surface area contributed by atoms with Crippen LogP contribution in [0.5, 0.6) is 0 Å². The molecule has 0 nitrogen and oxygen atoms in total. The SMILES string of the molecule is Fc1ccccc1.c1ccc2c(c1)c1ccccc1c1ccccc21. The van der Waals surface area contributed by atoms with Crippen molar-refractivity contribution in [1.82, 2.24) is 0 Å². The first-order chi connectivity index (χ1) is 12.3. The summed E-state index contributed by atoms with van der Waals surface area (Å²) in [6, 6.07) is 33.9. The summed E-state index contributed by atoms with van der Waals surface area (Å²) in [4.78, 5) is 0. The fourth-order valence-corrected chi connectivity index (χ4v) is 3.27. The van der Waals surface area contributed by atoms with Gasteiger partial charge in [-0.15, -0.1) is 0 Å². The molecular weight excluding hydrogens is 307 g/mol. The average molecular weight is 324 g/mol. The minimum Gasteiger partial charge on any atom is -0.207 e. The van der Waals surface area contributed by atoms with E-state index < -0.39 is 0 Å². The molecule has 0 heterocycles.